The van der Waals surface area contributed by atoms with Crippen LogP contribution in [0.5, 0.6) is 0 Å². The van der Waals surface area contributed by atoms with Crippen molar-refractivity contribution >= 4 is 27.3 Å². The first-order valence-electron chi connectivity index (χ1n) is 4.91. The second kappa shape index (κ2) is 5.06. The van der Waals surface area contributed by atoms with Gasteiger partial charge in [0.05, 0.1) is 16.4 Å². The van der Waals surface area contributed by atoms with E-state index in [1.807, 2.05) is 6.07 Å². The van der Waals surface area contributed by atoms with E-state index in [-0.39, 0.29) is 16.3 Å². The van der Waals surface area contributed by atoms with E-state index in [1.54, 1.807) is 13.8 Å². The molecule has 8 heteroatoms. The molecule has 0 bridgehead atoms. The Morgan fingerprint density at radius 3 is 2.67 bits per heavy atom. The molecule has 6 nitrogen and oxygen atoms in total. The van der Waals surface area contributed by atoms with Crippen LogP contribution in [0.4, 0.5) is 0 Å². The summed E-state index contributed by atoms with van der Waals surface area (Å²) in [6.45, 7) is 3.17. The molecular formula is C10H12N2O4S2. The smallest absolute Gasteiger partial charge is 0.345 e. The minimum Gasteiger partial charge on any atom is -0.477 e. The largest absolute Gasteiger partial charge is 0.477 e. The molecule has 1 aromatic rings. The molecule has 18 heavy (non-hydrogen) atoms. The maximum Gasteiger partial charge on any atom is 0.345 e. The Morgan fingerprint density at radius 2 is 2.22 bits per heavy atom. The number of carbonyl (C=O) groups is 1. The molecule has 0 saturated heterocycles. The van der Waals surface area contributed by atoms with Crippen LogP contribution in [0.15, 0.2) is 16.3 Å². The van der Waals surface area contributed by atoms with Gasteiger partial charge in [-0.15, -0.1) is 11.3 Å². The van der Waals surface area contributed by atoms with Gasteiger partial charge in [-0.2, -0.15) is 5.26 Å². The Balaban J connectivity index is 2.87. The summed E-state index contributed by atoms with van der Waals surface area (Å²) >= 11 is 0.840. The van der Waals surface area contributed by atoms with Gasteiger partial charge in [-0.05, 0) is 19.9 Å². The summed E-state index contributed by atoms with van der Waals surface area (Å²) in [4.78, 5) is 10.5. The van der Waals surface area contributed by atoms with Gasteiger partial charge in [0.2, 0.25) is 10.0 Å². The van der Waals surface area contributed by atoms with Crippen LogP contribution >= 0.6 is 11.3 Å². The molecule has 0 fully saturated rings. The molecule has 0 saturated carbocycles. The van der Waals surface area contributed by atoms with Crippen molar-refractivity contribution < 1.29 is 18.3 Å². The lowest BCUT2D eigenvalue weighted by Gasteiger charge is -2.15. The Morgan fingerprint density at radius 1 is 1.61 bits per heavy atom. The van der Waals surface area contributed by atoms with Crippen LogP contribution in [0.25, 0.3) is 0 Å². The maximum absolute atomic E-state index is 11.8. The van der Waals surface area contributed by atoms with E-state index < -0.39 is 21.4 Å². The molecule has 98 valence electrons. The number of rotatable bonds is 5. The van der Waals surface area contributed by atoms with Crippen molar-refractivity contribution in [3.63, 3.8) is 0 Å². The molecule has 1 heterocycles. The average molecular weight is 288 g/mol. The third kappa shape index (κ3) is 3.53. The normalized spacial score (nSPS) is 12.1. The molecule has 1 rings (SSSR count). The molecule has 0 atom stereocenters. The topological polar surface area (TPSA) is 107 Å². The van der Waals surface area contributed by atoms with Crippen LogP contribution in [-0.4, -0.2) is 26.0 Å². The van der Waals surface area contributed by atoms with Gasteiger partial charge in [0.15, 0.2) is 0 Å². The number of carboxylic acid groups (broad SMARTS) is 1. The molecule has 0 aliphatic heterocycles. The van der Waals surface area contributed by atoms with Gasteiger partial charge >= 0.3 is 5.97 Å². The van der Waals surface area contributed by atoms with E-state index in [0.717, 1.165) is 17.4 Å². The molecular weight excluding hydrogens is 276 g/mol. The zero-order valence-electron chi connectivity index (χ0n) is 9.80. The Bertz CT molecular complexity index is 596. The van der Waals surface area contributed by atoms with Crippen molar-refractivity contribution in [3.8, 4) is 6.07 Å². The van der Waals surface area contributed by atoms with Gasteiger partial charge in [-0.1, -0.05) is 0 Å². The van der Waals surface area contributed by atoms with E-state index in [4.69, 9.17) is 10.4 Å². The van der Waals surface area contributed by atoms with Crippen LogP contribution in [0.3, 0.4) is 0 Å². The Labute approximate surface area is 109 Å². The first kappa shape index (κ1) is 14.6. The van der Waals surface area contributed by atoms with Gasteiger partial charge in [-0.25, -0.2) is 17.9 Å². The zero-order chi connectivity index (χ0) is 14.0. The summed E-state index contributed by atoms with van der Waals surface area (Å²) in [7, 11) is -3.77. The van der Waals surface area contributed by atoms with Gasteiger partial charge < -0.3 is 5.11 Å². The fourth-order valence-corrected chi connectivity index (χ4v) is 3.29. The quantitative estimate of drug-likeness (QED) is 0.848. The van der Waals surface area contributed by atoms with Gasteiger partial charge in [-0.3, -0.25) is 0 Å². The predicted molar refractivity (Wildman–Crippen MR) is 65.9 cm³/mol. The lowest BCUT2D eigenvalue weighted by Crippen LogP contribution is -2.33. The first-order chi connectivity index (χ1) is 8.18. The number of aromatic carboxylic acids is 1. The molecule has 0 aromatic carbocycles. The average Bonchev–Trinajstić information content (AvgIpc) is 2.77. The van der Waals surface area contributed by atoms with E-state index in [2.05, 4.69) is 4.72 Å². The van der Waals surface area contributed by atoms with Crippen LogP contribution in [0, 0.1) is 16.7 Å². The van der Waals surface area contributed by atoms with Gasteiger partial charge in [0.1, 0.15) is 4.88 Å². The number of nitrogens with zero attached hydrogens (tertiary/aromatic N) is 1. The number of hydrogen-bond acceptors (Lipinski definition) is 5. The number of nitrogens with one attached hydrogen (secondary N) is 1. The summed E-state index contributed by atoms with van der Waals surface area (Å²) in [6, 6.07) is 3.06. The second-order valence-corrected chi connectivity index (χ2v) is 6.95. The monoisotopic (exact) mass is 288 g/mol. The number of nitriles is 1. The first-order valence-corrected chi connectivity index (χ1v) is 7.27. The fourth-order valence-electron chi connectivity index (χ4n) is 0.970. The highest BCUT2D eigenvalue weighted by Gasteiger charge is 2.23. The number of sulfonamides is 1. The highest BCUT2D eigenvalue weighted by Crippen LogP contribution is 2.20. The molecule has 0 amide bonds. The number of thiophene rings is 1. The Hall–Kier alpha value is -1.43. The molecule has 0 spiro atoms. The molecule has 0 unspecified atom stereocenters. The van der Waals surface area contributed by atoms with Crippen LogP contribution < -0.4 is 4.72 Å². The van der Waals surface area contributed by atoms with E-state index >= 15 is 0 Å². The van der Waals surface area contributed by atoms with Crippen LogP contribution in [-0.2, 0) is 10.0 Å². The third-order valence-corrected chi connectivity index (χ3v) is 4.55. The van der Waals surface area contributed by atoms with E-state index in [9.17, 15) is 13.2 Å². The van der Waals surface area contributed by atoms with Gasteiger partial charge in [0, 0.05) is 11.9 Å². The lowest BCUT2D eigenvalue weighted by atomic mass is 9.97. The number of carboxylic acids is 1. The van der Waals surface area contributed by atoms with Crippen LogP contribution in [0.2, 0.25) is 0 Å². The van der Waals surface area contributed by atoms with Crippen molar-refractivity contribution in [3.05, 3.63) is 16.3 Å². The molecule has 0 aliphatic rings. The number of hydrogen-bond donors (Lipinski definition) is 2. The summed E-state index contributed by atoms with van der Waals surface area (Å²) in [5, 5.41) is 18.7. The van der Waals surface area contributed by atoms with Crippen molar-refractivity contribution in [1.29, 1.82) is 5.26 Å². The third-order valence-electron chi connectivity index (χ3n) is 2.10. The highest BCUT2D eigenvalue weighted by molar-refractivity contribution is 7.89. The van der Waals surface area contributed by atoms with Crippen molar-refractivity contribution in [2.75, 3.05) is 6.54 Å². The second-order valence-electron chi connectivity index (χ2n) is 4.27. The van der Waals surface area contributed by atoms with Crippen molar-refractivity contribution in [1.82, 2.24) is 4.72 Å². The van der Waals surface area contributed by atoms with E-state index in [0.29, 0.717) is 0 Å². The predicted octanol–water partition coefficient (Wildman–Crippen LogP) is 1.27. The van der Waals surface area contributed by atoms with E-state index in [1.165, 1.54) is 5.38 Å². The molecule has 1 aromatic heterocycles. The SMILES string of the molecule is CC(C)(C#N)CNS(=O)(=O)c1csc(C(=O)O)c1. The maximum atomic E-state index is 11.8. The Kier molecular flexibility index (Phi) is 4.11. The summed E-state index contributed by atoms with van der Waals surface area (Å²) in [5.74, 6) is -1.17. The lowest BCUT2D eigenvalue weighted by molar-refractivity contribution is 0.0702. The molecule has 0 aliphatic carbocycles. The molecule has 2 N–H and O–H groups in total. The van der Waals surface area contributed by atoms with Gasteiger partial charge in [0.25, 0.3) is 0 Å². The summed E-state index contributed by atoms with van der Waals surface area (Å²) in [6.07, 6.45) is 0. The van der Waals surface area contributed by atoms with Crippen molar-refractivity contribution in [2.24, 2.45) is 5.41 Å². The summed E-state index contributed by atoms with van der Waals surface area (Å²) < 4.78 is 25.9. The minimum absolute atomic E-state index is 0.0376. The van der Waals surface area contributed by atoms with Crippen molar-refractivity contribution in [2.45, 2.75) is 18.7 Å². The standard InChI is InChI=1S/C10H12N2O4S2/c1-10(2,5-11)6-12-18(15,16)7-3-8(9(13)14)17-4-7/h3-4,12H,6H2,1-2H3,(H,13,14). The summed E-state index contributed by atoms with van der Waals surface area (Å²) in [5.41, 5.74) is -0.821. The molecule has 0 radical (unpaired) electrons. The fraction of sp³-hybridized carbons (Fsp3) is 0.400. The van der Waals surface area contributed by atoms with Crippen LogP contribution in [0.1, 0.15) is 23.5 Å². The minimum atomic E-state index is -3.77. The highest BCUT2D eigenvalue weighted by atomic mass is 32.2. The zero-order valence-corrected chi connectivity index (χ0v) is 11.4.